The molecule has 1 aromatic carbocycles. The van der Waals surface area contributed by atoms with Gasteiger partial charge in [-0.1, -0.05) is 18.2 Å². The van der Waals surface area contributed by atoms with Gasteiger partial charge in [0.2, 0.25) is 5.91 Å². The molecule has 3 fully saturated rings. The van der Waals surface area contributed by atoms with Gasteiger partial charge in [0.1, 0.15) is 5.82 Å². The zero-order chi connectivity index (χ0) is 18.3. The second kappa shape index (κ2) is 6.63. The molecule has 1 aromatic rings. The van der Waals surface area contributed by atoms with E-state index in [2.05, 4.69) is 0 Å². The summed E-state index contributed by atoms with van der Waals surface area (Å²) in [7, 11) is 0. The van der Waals surface area contributed by atoms with E-state index in [1.54, 1.807) is 18.2 Å². The fourth-order valence-corrected chi connectivity index (χ4v) is 4.34. The van der Waals surface area contributed by atoms with E-state index in [4.69, 9.17) is 9.84 Å². The highest BCUT2D eigenvalue weighted by Crippen LogP contribution is 2.50. The van der Waals surface area contributed by atoms with Crippen LogP contribution in [0.1, 0.15) is 18.4 Å². The lowest BCUT2D eigenvalue weighted by atomic mass is 9.93. The molecule has 1 amide bonds. The van der Waals surface area contributed by atoms with Crippen LogP contribution in [0.5, 0.6) is 0 Å². The number of hydrogen-bond donors (Lipinski definition) is 1. The number of halogens is 1. The fraction of sp³-hybridized carbons (Fsp3) is 0.579. The minimum Gasteiger partial charge on any atom is -0.480 e. The summed E-state index contributed by atoms with van der Waals surface area (Å²) in [6.45, 7) is 2.45. The topological polar surface area (TPSA) is 70.1 Å². The normalized spacial score (nSPS) is 27.7. The lowest BCUT2D eigenvalue weighted by Gasteiger charge is -2.33. The molecule has 0 aromatic heterocycles. The molecule has 2 aliphatic heterocycles. The fourth-order valence-electron chi connectivity index (χ4n) is 4.34. The van der Waals surface area contributed by atoms with Crippen LogP contribution in [0.3, 0.4) is 0 Å². The van der Waals surface area contributed by atoms with Crippen LogP contribution < -0.4 is 0 Å². The summed E-state index contributed by atoms with van der Waals surface area (Å²) >= 11 is 0. The Bertz CT molecular complexity index is 721. The van der Waals surface area contributed by atoms with Crippen molar-refractivity contribution in [2.24, 2.45) is 5.92 Å². The van der Waals surface area contributed by atoms with E-state index in [1.807, 2.05) is 9.80 Å². The van der Waals surface area contributed by atoms with Crippen LogP contribution in [-0.2, 0) is 19.7 Å². The standard InChI is InChI=1S/C19H23FN2O4/c20-16-4-2-1-3-15(16)19(5-6-19)18(25)22-8-13-7-21(10-17(23)24)14(9-22)12-26-11-13/h1-4,13-14H,5-12H2,(H,23,24)/t13-,14+/m1/s1. The number of aliphatic carboxylic acids is 1. The van der Waals surface area contributed by atoms with Gasteiger partial charge in [0.05, 0.1) is 31.2 Å². The summed E-state index contributed by atoms with van der Waals surface area (Å²) in [5, 5.41) is 9.17. The van der Waals surface area contributed by atoms with Crippen LogP contribution in [0.4, 0.5) is 4.39 Å². The first-order valence-electron chi connectivity index (χ1n) is 9.07. The number of rotatable bonds is 4. The Balaban J connectivity index is 1.57. The summed E-state index contributed by atoms with van der Waals surface area (Å²) in [5.74, 6) is -1.16. The Labute approximate surface area is 151 Å². The number of nitrogens with zero attached hydrogens (tertiary/aromatic N) is 2. The van der Waals surface area contributed by atoms with Gasteiger partial charge in [0.15, 0.2) is 0 Å². The third-order valence-corrected chi connectivity index (χ3v) is 5.76. The van der Waals surface area contributed by atoms with Crippen LogP contribution in [-0.4, -0.2) is 72.2 Å². The van der Waals surface area contributed by atoms with Gasteiger partial charge in [-0.2, -0.15) is 0 Å². The predicted octanol–water partition coefficient (Wildman–Crippen LogP) is 1.10. The highest BCUT2D eigenvalue weighted by atomic mass is 19.1. The van der Waals surface area contributed by atoms with Crippen molar-refractivity contribution in [2.75, 3.05) is 39.4 Å². The lowest BCUT2D eigenvalue weighted by Crippen LogP contribution is -2.49. The van der Waals surface area contributed by atoms with Gasteiger partial charge < -0.3 is 14.7 Å². The maximum absolute atomic E-state index is 14.3. The summed E-state index contributed by atoms with van der Waals surface area (Å²) in [5.41, 5.74) is -0.263. The molecular formula is C19H23FN2O4. The van der Waals surface area contributed by atoms with Crippen molar-refractivity contribution in [3.05, 3.63) is 35.6 Å². The van der Waals surface area contributed by atoms with Gasteiger partial charge in [0.25, 0.3) is 0 Å². The molecule has 3 aliphatic rings. The minimum absolute atomic E-state index is 0.0309. The Morgan fingerprint density at radius 1 is 1.19 bits per heavy atom. The van der Waals surface area contributed by atoms with Crippen molar-refractivity contribution in [2.45, 2.75) is 24.3 Å². The SMILES string of the molecule is O=C(O)CN1C[C@H]2COC[C@@H]1CN(C(=O)C1(c3ccccc3F)CC1)C2. The monoisotopic (exact) mass is 362 g/mol. The Morgan fingerprint density at radius 3 is 2.65 bits per heavy atom. The van der Waals surface area contributed by atoms with E-state index in [-0.39, 0.29) is 30.2 Å². The molecule has 2 atom stereocenters. The highest BCUT2D eigenvalue weighted by molar-refractivity contribution is 5.91. The number of carbonyl (C=O) groups excluding carboxylic acids is 1. The molecule has 0 spiro atoms. The molecular weight excluding hydrogens is 339 g/mol. The van der Waals surface area contributed by atoms with E-state index >= 15 is 0 Å². The second-order valence-electron chi connectivity index (χ2n) is 7.65. The van der Waals surface area contributed by atoms with E-state index in [0.717, 1.165) is 0 Å². The largest absolute Gasteiger partial charge is 0.480 e. The molecule has 140 valence electrons. The molecule has 0 radical (unpaired) electrons. The van der Waals surface area contributed by atoms with E-state index in [0.29, 0.717) is 51.3 Å². The molecule has 1 N–H and O–H groups in total. The molecule has 1 aliphatic carbocycles. The minimum atomic E-state index is -0.875. The molecule has 0 unspecified atom stereocenters. The zero-order valence-electron chi connectivity index (χ0n) is 14.6. The first-order chi connectivity index (χ1) is 12.5. The van der Waals surface area contributed by atoms with E-state index in [1.165, 1.54) is 6.07 Å². The van der Waals surface area contributed by atoms with E-state index in [9.17, 15) is 14.0 Å². The Morgan fingerprint density at radius 2 is 1.96 bits per heavy atom. The molecule has 1 saturated carbocycles. The van der Waals surface area contributed by atoms with Gasteiger partial charge in [0, 0.05) is 31.1 Å². The number of benzene rings is 1. The number of carboxylic acid groups (broad SMARTS) is 1. The number of carboxylic acids is 1. The maximum Gasteiger partial charge on any atom is 0.317 e. The van der Waals surface area contributed by atoms with Crippen molar-refractivity contribution in [1.29, 1.82) is 0 Å². The smallest absolute Gasteiger partial charge is 0.317 e. The van der Waals surface area contributed by atoms with Crippen molar-refractivity contribution in [1.82, 2.24) is 9.80 Å². The lowest BCUT2D eigenvalue weighted by molar-refractivity contribution is -0.139. The zero-order valence-corrected chi connectivity index (χ0v) is 14.6. The van der Waals surface area contributed by atoms with Crippen molar-refractivity contribution in [3.63, 3.8) is 0 Å². The number of ether oxygens (including phenoxy) is 1. The van der Waals surface area contributed by atoms with Crippen LogP contribution in [0.25, 0.3) is 0 Å². The summed E-state index contributed by atoms with van der Waals surface area (Å²) < 4.78 is 20.0. The van der Waals surface area contributed by atoms with Gasteiger partial charge in [-0.25, -0.2) is 4.39 Å². The summed E-state index contributed by atoms with van der Waals surface area (Å²) in [4.78, 5) is 28.2. The van der Waals surface area contributed by atoms with Gasteiger partial charge in [-0.15, -0.1) is 0 Å². The van der Waals surface area contributed by atoms with Gasteiger partial charge in [-0.05, 0) is 18.9 Å². The quantitative estimate of drug-likeness (QED) is 0.869. The number of amides is 1. The molecule has 7 heteroatoms. The first-order valence-corrected chi connectivity index (χ1v) is 9.07. The molecule has 6 nitrogen and oxygen atoms in total. The van der Waals surface area contributed by atoms with Gasteiger partial charge >= 0.3 is 5.97 Å². The number of fused-ring (bicyclic) bond motifs is 3. The van der Waals surface area contributed by atoms with Gasteiger partial charge in [-0.3, -0.25) is 14.5 Å². The van der Waals surface area contributed by atoms with Crippen molar-refractivity contribution < 1.29 is 23.8 Å². The number of carbonyl (C=O) groups is 2. The van der Waals surface area contributed by atoms with Crippen molar-refractivity contribution in [3.8, 4) is 0 Å². The van der Waals surface area contributed by atoms with Crippen LogP contribution in [0, 0.1) is 11.7 Å². The second-order valence-corrected chi connectivity index (χ2v) is 7.65. The first kappa shape index (κ1) is 17.4. The molecule has 2 saturated heterocycles. The third-order valence-electron chi connectivity index (χ3n) is 5.76. The highest BCUT2D eigenvalue weighted by Gasteiger charge is 2.55. The van der Waals surface area contributed by atoms with Crippen LogP contribution >= 0.6 is 0 Å². The Kier molecular flexibility index (Phi) is 4.44. The average molecular weight is 362 g/mol. The molecule has 2 heterocycles. The third kappa shape index (κ3) is 3.10. The summed E-state index contributed by atoms with van der Waals surface area (Å²) in [6, 6.07) is 6.38. The van der Waals surface area contributed by atoms with Crippen LogP contribution in [0.2, 0.25) is 0 Å². The molecule has 4 rings (SSSR count). The average Bonchev–Trinajstić information content (AvgIpc) is 3.39. The van der Waals surface area contributed by atoms with Crippen LogP contribution in [0.15, 0.2) is 24.3 Å². The maximum atomic E-state index is 14.3. The Hall–Kier alpha value is -1.99. The predicted molar refractivity (Wildman–Crippen MR) is 91.2 cm³/mol. The molecule has 2 bridgehead atoms. The summed E-state index contributed by atoms with van der Waals surface area (Å²) in [6.07, 6.45) is 1.32. The number of hydrogen-bond acceptors (Lipinski definition) is 4. The van der Waals surface area contributed by atoms with E-state index < -0.39 is 11.4 Å². The van der Waals surface area contributed by atoms with Crippen molar-refractivity contribution >= 4 is 11.9 Å². The molecule has 26 heavy (non-hydrogen) atoms.